The molecule has 0 bridgehead atoms. The Kier molecular flexibility index (Phi) is 3.89. The molecule has 0 aliphatic rings. The van der Waals surface area contributed by atoms with Crippen LogP contribution in [0.3, 0.4) is 0 Å². The fourth-order valence-corrected chi connectivity index (χ4v) is 1.36. The van der Waals surface area contributed by atoms with Crippen LogP contribution in [-0.4, -0.2) is 16.1 Å². The van der Waals surface area contributed by atoms with E-state index in [4.69, 9.17) is 5.11 Å². The highest BCUT2D eigenvalue weighted by molar-refractivity contribution is 14.1. The SMILES string of the molecule is O=C(O)/C=C/c1nc(C(F)(F)F)ccc1I. The van der Waals surface area contributed by atoms with E-state index in [0.29, 0.717) is 3.57 Å². The number of nitrogens with zero attached hydrogens (tertiary/aromatic N) is 1. The summed E-state index contributed by atoms with van der Waals surface area (Å²) >= 11 is 1.78. The summed E-state index contributed by atoms with van der Waals surface area (Å²) in [4.78, 5) is 13.6. The lowest BCUT2D eigenvalue weighted by atomic mass is 10.3. The first-order chi connectivity index (χ1) is 7.30. The number of hydrogen-bond donors (Lipinski definition) is 1. The van der Waals surface area contributed by atoms with Gasteiger partial charge in [-0.3, -0.25) is 0 Å². The summed E-state index contributed by atoms with van der Waals surface area (Å²) in [5.74, 6) is -1.24. The fraction of sp³-hybridized carbons (Fsp3) is 0.111. The number of carboxylic acid groups (broad SMARTS) is 1. The van der Waals surface area contributed by atoms with Crippen LogP contribution in [-0.2, 0) is 11.0 Å². The van der Waals surface area contributed by atoms with E-state index in [1.54, 1.807) is 22.6 Å². The van der Waals surface area contributed by atoms with Crippen LogP contribution in [0.2, 0.25) is 0 Å². The first kappa shape index (κ1) is 12.9. The number of pyridine rings is 1. The molecule has 1 heterocycles. The zero-order valence-corrected chi connectivity index (χ0v) is 9.78. The lowest BCUT2D eigenvalue weighted by Crippen LogP contribution is -2.09. The van der Waals surface area contributed by atoms with Crippen molar-refractivity contribution in [3.05, 3.63) is 33.2 Å². The quantitative estimate of drug-likeness (QED) is 0.664. The summed E-state index contributed by atoms with van der Waals surface area (Å²) in [6, 6.07) is 2.08. The van der Waals surface area contributed by atoms with Gasteiger partial charge in [-0.15, -0.1) is 0 Å². The van der Waals surface area contributed by atoms with Gasteiger partial charge in [-0.1, -0.05) is 0 Å². The summed E-state index contributed by atoms with van der Waals surface area (Å²) in [5, 5.41) is 8.36. The highest BCUT2D eigenvalue weighted by atomic mass is 127. The van der Waals surface area contributed by atoms with E-state index in [1.165, 1.54) is 6.07 Å². The third-order valence-electron chi connectivity index (χ3n) is 1.55. The summed E-state index contributed by atoms with van der Waals surface area (Å²) < 4.78 is 37.3. The largest absolute Gasteiger partial charge is 0.478 e. The molecule has 16 heavy (non-hydrogen) atoms. The molecule has 0 spiro atoms. The molecule has 0 aromatic carbocycles. The van der Waals surface area contributed by atoms with Crippen LogP contribution in [0.15, 0.2) is 18.2 Å². The molecular formula is C9H5F3INO2. The Balaban J connectivity index is 3.14. The monoisotopic (exact) mass is 343 g/mol. The molecule has 0 saturated carbocycles. The van der Waals surface area contributed by atoms with Crippen molar-refractivity contribution < 1.29 is 23.1 Å². The molecule has 1 aromatic rings. The Morgan fingerprint density at radius 2 is 2.06 bits per heavy atom. The first-order valence-electron chi connectivity index (χ1n) is 3.95. The molecule has 0 unspecified atom stereocenters. The third kappa shape index (κ3) is 3.47. The number of carboxylic acids is 1. The van der Waals surface area contributed by atoms with Crippen molar-refractivity contribution in [3.8, 4) is 0 Å². The van der Waals surface area contributed by atoms with Crippen molar-refractivity contribution in [1.29, 1.82) is 0 Å². The number of aliphatic carboxylic acids is 1. The Morgan fingerprint density at radius 3 is 2.56 bits per heavy atom. The number of rotatable bonds is 2. The minimum atomic E-state index is -4.53. The van der Waals surface area contributed by atoms with Gasteiger partial charge in [-0.25, -0.2) is 9.78 Å². The lowest BCUT2D eigenvalue weighted by molar-refractivity contribution is -0.141. The Bertz CT molecular complexity index is 443. The molecule has 0 aliphatic carbocycles. The topological polar surface area (TPSA) is 50.2 Å². The van der Waals surface area contributed by atoms with E-state index in [2.05, 4.69) is 4.98 Å². The Labute approximate surface area is 102 Å². The number of aromatic nitrogens is 1. The van der Waals surface area contributed by atoms with Crippen LogP contribution in [0, 0.1) is 3.57 Å². The van der Waals surface area contributed by atoms with Crippen LogP contribution < -0.4 is 0 Å². The van der Waals surface area contributed by atoms with Crippen LogP contribution in [0.4, 0.5) is 13.2 Å². The van der Waals surface area contributed by atoms with E-state index in [1.807, 2.05) is 0 Å². The Hall–Kier alpha value is -1.12. The van der Waals surface area contributed by atoms with Gasteiger partial charge in [-0.2, -0.15) is 13.2 Å². The van der Waals surface area contributed by atoms with Crippen LogP contribution in [0.5, 0.6) is 0 Å². The number of hydrogen-bond acceptors (Lipinski definition) is 2. The van der Waals surface area contributed by atoms with Gasteiger partial charge in [0.2, 0.25) is 0 Å². The molecule has 0 aliphatic heterocycles. The van der Waals surface area contributed by atoms with Gasteiger partial charge in [0.1, 0.15) is 5.69 Å². The summed E-state index contributed by atoms with van der Waals surface area (Å²) in [6.45, 7) is 0. The molecule has 7 heteroatoms. The van der Waals surface area contributed by atoms with Gasteiger partial charge in [0.05, 0.1) is 5.69 Å². The van der Waals surface area contributed by atoms with Crippen molar-refractivity contribution in [3.63, 3.8) is 0 Å². The molecule has 1 aromatic heterocycles. The predicted molar refractivity (Wildman–Crippen MR) is 58.6 cm³/mol. The standard InChI is InChI=1S/C9H5F3INO2/c10-9(11,12)7-3-1-5(13)6(14-7)2-4-8(15)16/h1-4H,(H,15,16)/b4-2+. The van der Waals surface area contributed by atoms with Crippen molar-refractivity contribution >= 4 is 34.6 Å². The minimum absolute atomic E-state index is 0.0159. The zero-order chi connectivity index (χ0) is 12.3. The first-order valence-corrected chi connectivity index (χ1v) is 5.03. The zero-order valence-electron chi connectivity index (χ0n) is 7.62. The van der Waals surface area contributed by atoms with Crippen molar-refractivity contribution in [1.82, 2.24) is 4.98 Å². The summed E-state index contributed by atoms with van der Waals surface area (Å²) in [6.07, 6.45) is -2.76. The van der Waals surface area contributed by atoms with Gasteiger partial charge in [0.25, 0.3) is 0 Å². The van der Waals surface area contributed by atoms with Gasteiger partial charge < -0.3 is 5.11 Å². The normalized spacial score (nSPS) is 12.0. The number of carbonyl (C=O) groups is 1. The molecule has 0 saturated heterocycles. The molecule has 3 nitrogen and oxygen atoms in total. The van der Waals surface area contributed by atoms with Crippen LogP contribution >= 0.6 is 22.6 Å². The minimum Gasteiger partial charge on any atom is -0.478 e. The maximum absolute atomic E-state index is 12.3. The van der Waals surface area contributed by atoms with Gasteiger partial charge >= 0.3 is 12.1 Å². The summed E-state index contributed by atoms with van der Waals surface area (Å²) in [5.41, 5.74) is -1.06. The second-order valence-corrected chi connectivity index (χ2v) is 3.90. The molecule has 0 atom stereocenters. The van der Waals surface area contributed by atoms with E-state index < -0.39 is 17.8 Å². The van der Waals surface area contributed by atoms with Gasteiger partial charge in [0.15, 0.2) is 0 Å². The third-order valence-corrected chi connectivity index (χ3v) is 2.46. The van der Waals surface area contributed by atoms with Crippen molar-refractivity contribution in [2.24, 2.45) is 0 Å². The van der Waals surface area contributed by atoms with Crippen molar-refractivity contribution in [2.75, 3.05) is 0 Å². The van der Waals surface area contributed by atoms with E-state index >= 15 is 0 Å². The number of alkyl halides is 3. The fourth-order valence-electron chi connectivity index (χ4n) is 0.883. The summed E-state index contributed by atoms with van der Waals surface area (Å²) in [7, 11) is 0. The predicted octanol–water partition coefficient (Wildman–Crippen LogP) is 2.80. The average molecular weight is 343 g/mol. The average Bonchev–Trinajstić information content (AvgIpc) is 2.14. The number of halogens is 4. The smallest absolute Gasteiger partial charge is 0.433 e. The van der Waals surface area contributed by atoms with E-state index in [0.717, 1.165) is 18.2 Å². The van der Waals surface area contributed by atoms with Gasteiger partial charge in [-0.05, 0) is 40.8 Å². The maximum Gasteiger partial charge on any atom is 0.433 e. The second kappa shape index (κ2) is 4.81. The molecule has 0 fully saturated rings. The maximum atomic E-state index is 12.3. The second-order valence-electron chi connectivity index (χ2n) is 2.73. The van der Waals surface area contributed by atoms with Crippen LogP contribution in [0.1, 0.15) is 11.4 Å². The highest BCUT2D eigenvalue weighted by Gasteiger charge is 2.32. The molecule has 0 radical (unpaired) electrons. The molecule has 0 amide bonds. The lowest BCUT2D eigenvalue weighted by Gasteiger charge is -2.06. The van der Waals surface area contributed by atoms with Gasteiger partial charge in [0, 0.05) is 9.65 Å². The molecule has 86 valence electrons. The molecule has 1 N–H and O–H groups in total. The molecular weight excluding hydrogens is 338 g/mol. The highest BCUT2D eigenvalue weighted by Crippen LogP contribution is 2.28. The van der Waals surface area contributed by atoms with Crippen molar-refractivity contribution in [2.45, 2.75) is 6.18 Å². The van der Waals surface area contributed by atoms with E-state index in [-0.39, 0.29) is 5.69 Å². The Morgan fingerprint density at radius 1 is 1.44 bits per heavy atom. The molecule has 1 rings (SSSR count). The van der Waals surface area contributed by atoms with Crippen LogP contribution in [0.25, 0.3) is 6.08 Å². The van der Waals surface area contributed by atoms with E-state index in [9.17, 15) is 18.0 Å².